The van der Waals surface area contributed by atoms with E-state index in [1.165, 1.54) is 25.2 Å². The van der Waals surface area contributed by atoms with Gasteiger partial charge in [0.1, 0.15) is 11.9 Å². The topological polar surface area (TPSA) is 58.2 Å². The highest BCUT2D eigenvalue weighted by atomic mass is 79.9. The van der Waals surface area contributed by atoms with Gasteiger partial charge in [0.2, 0.25) is 5.91 Å². The second kappa shape index (κ2) is 7.48. The predicted molar refractivity (Wildman–Crippen MR) is 84.7 cm³/mol. The molecule has 2 amide bonds. The highest BCUT2D eigenvalue weighted by molar-refractivity contribution is 9.10. The van der Waals surface area contributed by atoms with Gasteiger partial charge in [-0.1, -0.05) is 22.0 Å². The number of halogens is 4. The fourth-order valence-electron chi connectivity index (χ4n) is 2.04. The van der Waals surface area contributed by atoms with E-state index < -0.39 is 35.3 Å². The Morgan fingerprint density at radius 1 is 1.04 bits per heavy atom. The lowest BCUT2D eigenvalue weighted by Gasteiger charge is -2.18. The van der Waals surface area contributed by atoms with Crippen LogP contribution in [0.1, 0.15) is 22.0 Å². The monoisotopic (exact) mass is 400 g/mol. The summed E-state index contributed by atoms with van der Waals surface area (Å²) >= 11 is 3.06. The van der Waals surface area contributed by atoms with E-state index in [1.54, 1.807) is 0 Å². The van der Waals surface area contributed by atoms with Gasteiger partial charge in [0.25, 0.3) is 5.91 Å². The number of nitrogens with one attached hydrogen (secondary N) is 2. The average Bonchev–Trinajstić information content (AvgIpc) is 2.53. The smallest absolute Gasteiger partial charge is 0.252 e. The minimum Gasteiger partial charge on any atom is -0.357 e. The lowest BCUT2D eigenvalue weighted by Crippen LogP contribution is -2.39. The van der Waals surface area contributed by atoms with E-state index >= 15 is 0 Å². The van der Waals surface area contributed by atoms with E-state index in [9.17, 15) is 22.8 Å². The largest absolute Gasteiger partial charge is 0.357 e. The Morgan fingerprint density at radius 2 is 1.75 bits per heavy atom. The van der Waals surface area contributed by atoms with Crippen LogP contribution < -0.4 is 10.6 Å². The summed E-state index contributed by atoms with van der Waals surface area (Å²) in [5, 5.41) is 4.70. The third kappa shape index (κ3) is 4.14. The Morgan fingerprint density at radius 3 is 2.33 bits per heavy atom. The number of hydrogen-bond acceptors (Lipinski definition) is 2. The van der Waals surface area contributed by atoms with E-state index in [2.05, 4.69) is 26.6 Å². The third-order valence-corrected chi connectivity index (χ3v) is 3.64. The fourth-order valence-corrected chi connectivity index (χ4v) is 2.50. The normalized spacial score (nSPS) is 11.7. The number of hydrogen-bond donors (Lipinski definition) is 2. The SMILES string of the molecule is CNC(=O)C(NC(=O)c1cc(F)cc(Br)c1)c1ccc(F)c(F)c1. The molecule has 4 nitrogen and oxygen atoms in total. The Kier molecular flexibility index (Phi) is 5.61. The zero-order chi connectivity index (χ0) is 17.9. The first-order valence-electron chi connectivity index (χ1n) is 6.75. The van der Waals surface area contributed by atoms with Crippen molar-refractivity contribution in [1.82, 2.24) is 10.6 Å². The number of rotatable bonds is 4. The van der Waals surface area contributed by atoms with Gasteiger partial charge in [0.05, 0.1) is 0 Å². The van der Waals surface area contributed by atoms with Crippen LogP contribution in [-0.4, -0.2) is 18.9 Å². The molecule has 0 radical (unpaired) electrons. The Bertz CT molecular complexity index is 779. The summed E-state index contributed by atoms with van der Waals surface area (Å²) in [5.74, 6) is -4.24. The van der Waals surface area contributed by atoms with Crippen molar-refractivity contribution in [3.8, 4) is 0 Å². The van der Waals surface area contributed by atoms with Crippen molar-refractivity contribution in [2.24, 2.45) is 0 Å². The first-order valence-corrected chi connectivity index (χ1v) is 7.54. The maximum absolute atomic E-state index is 13.4. The summed E-state index contributed by atoms with van der Waals surface area (Å²) in [4.78, 5) is 24.2. The Hall–Kier alpha value is -2.35. The molecule has 2 N–H and O–H groups in total. The summed E-state index contributed by atoms with van der Waals surface area (Å²) < 4.78 is 40.2. The molecule has 1 atom stereocenters. The maximum Gasteiger partial charge on any atom is 0.252 e. The van der Waals surface area contributed by atoms with Crippen LogP contribution in [0.3, 0.4) is 0 Å². The van der Waals surface area contributed by atoms with Crippen molar-refractivity contribution >= 4 is 27.7 Å². The molecular weight excluding hydrogens is 389 g/mol. The predicted octanol–water partition coefficient (Wildman–Crippen LogP) is 3.08. The van der Waals surface area contributed by atoms with E-state index in [0.717, 1.165) is 18.2 Å². The molecular formula is C16H12BrF3N2O2. The Balaban J connectivity index is 2.33. The van der Waals surface area contributed by atoms with Gasteiger partial charge < -0.3 is 10.6 Å². The number of benzene rings is 2. The fraction of sp³-hybridized carbons (Fsp3) is 0.125. The quantitative estimate of drug-likeness (QED) is 0.828. The number of amides is 2. The van der Waals surface area contributed by atoms with Crippen molar-refractivity contribution in [1.29, 1.82) is 0 Å². The molecule has 0 heterocycles. The number of likely N-dealkylation sites (N-methyl/N-ethyl adjacent to an activating group) is 1. The van der Waals surface area contributed by atoms with Crippen LogP contribution in [0.2, 0.25) is 0 Å². The van der Waals surface area contributed by atoms with Crippen LogP contribution in [0.25, 0.3) is 0 Å². The van der Waals surface area contributed by atoms with Crippen molar-refractivity contribution < 1.29 is 22.8 Å². The molecule has 0 aliphatic heterocycles. The molecule has 126 valence electrons. The van der Waals surface area contributed by atoms with Crippen LogP contribution in [0.5, 0.6) is 0 Å². The zero-order valence-electron chi connectivity index (χ0n) is 12.4. The van der Waals surface area contributed by atoms with Crippen LogP contribution in [0.15, 0.2) is 40.9 Å². The van der Waals surface area contributed by atoms with E-state index in [0.29, 0.717) is 4.47 Å². The van der Waals surface area contributed by atoms with Gasteiger partial charge in [0.15, 0.2) is 11.6 Å². The van der Waals surface area contributed by atoms with Crippen LogP contribution in [-0.2, 0) is 4.79 Å². The summed E-state index contributed by atoms with van der Waals surface area (Å²) in [6.45, 7) is 0. The van der Waals surface area contributed by atoms with E-state index in [4.69, 9.17) is 0 Å². The highest BCUT2D eigenvalue weighted by Gasteiger charge is 2.24. The van der Waals surface area contributed by atoms with Gasteiger partial charge in [0, 0.05) is 17.1 Å². The summed E-state index contributed by atoms with van der Waals surface area (Å²) in [7, 11) is 1.33. The molecule has 8 heteroatoms. The first kappa shape index (κ1) is 18.0. The third-order valence-electron chi connectivity index (χ3n) is 3.19. The maximum atomic E-state index is 13.4. The first-order chi connectivity index (χ1) is 11.3. The van der Waals surface area contributed by atoms with Crippen molar-refractivity contribution in [2.75, 3.05) is 7.05 Å². The van der Waals surface area contributed by atoms with Gasteiger partial charge in [-0.3, -0.25) is 9.59 Å². The number of carbonyl (C=O) groups excluding carboxylic acids is 2. The molecule has 1 unspecified atom stereocenters. The summed E-state index contributed by atoms with van der Waals surface area (Å²) in [6.07, 6.45) is 0. The second-order valence-electron chi connectivity index (χ2n) is 4.85. The molecule has 0 bridgehead atoms. The van der Waals surface area contributed by atoms with Gasteiger partial charge in [-0.25, -0.2) is 13.2 Å². The van der Waals surface area contributed by atoms with Gasteiger partial charge >= 0.3 is 0 Å². The summed E-state index contributed by atoms with van der Waals surface area (Å²) in [6, 6.07) is 5.11. The Labute approximate surface area is 144 Å². The molecule has 2 aromatic carbocycles. The average molecular weight is 401 g/mol. The lowest BCUT2D eigenvalue weighted by atomic mass is 10.0. The minimum atomic E-state index is -1.26. The van der Waals surface area contributed by atoms with Crippen LogP contribution in [0, 0.1) is 17.5 Å². The lowest BCUT2D eigenvalue weighted by molar-refractivity contribution is -0.122. The second-order valence-corrected chi connectivity index (χ2v) is 5.77. The van der Waals surface area contributed by atoms with Crippen molar-refractivity contribution in [3.05, 3.63) is 69.4 Å². The van der Waals surface area contributed by atoms with Crippen LogP contribution >= 0.6 is 15.9 Å². The molecule has 0 fully saturated rings. The molecule has 0 saturated carbocycles. The zero-order valence-corrected chi connectivity index (χ0v) is 14.0. The van der Waals surface area contributed by atoms with Crippen molar-refractivity contribution in [2.45, 2.75) is 6.04 Å². The van der Waals surface area contributed by atoms with Gasteiger partial charge in [-0.2, -0.15) is 0 Å². The highest BCUT2D eigenvalue weighted by Crippen LogP contribution is 2.19. The molecule has 0 spiro atoms. The molecule has 0 aromatic heterocycles. The van der Waals surface area contributed by atoms with Gasteiger partial charge in [-0.15, -0.1) is 0 Å². The van der Waals surface area contributed by atoms with E-state index in [-0.39, 0.29) is 11.1 Å². The van der Waals surface area contributed by atoms with E-state index in [1.807, 2.05) is 0 Å². The minimum absolute atomic E-state index is 0.0293. The number of carbonyl (C=O) groups is 2. The van der Waals surface area contributed by atoms with Gasteiger partial charge in [-0.05, 0) is 35.9 Å². The molecule has 0 aliphatic carbocycles. The molecule has 0 saturated heterocycles. The molecule has 2 aromatic rings. The standard InChI is InChI=1S/C16H12BrF3N2O2/c1-21-16(24)14(8-2-3-12(19)13(20)6-8)22-15(23)9-4-10(17)7-11(18)5-9/h2-7,14H,1H3,(H,21,24)(H,22,23). The van der Waals surface area contributed by atoms with Crippen molar-refractivity contribution in [3.63, 3.8) is 0 Å². The molecule has 0 aliphatic rings. The van der Waals surface area contributed by atoms with Crippen LogP contribution in [0.4, 0.5) is 13.2 Å². The molecule has 24 heavy (non-hydrogen) atoms. The summed E-state index contributed by atoms with van der Waals surface area (Å²) in [5.41, 5.74) is 0.0235. The molecule has 2 rings (SSSR count).